The fraction of sp³-hybridized carbons (Fsp3) is 0.250. The molecule has 2 N–H and O–H groups in total. The van der Waals surface area contributed by atoms with E-state index in [1.54, 1.807) is 34.9 Å². The number of pyridine rings is 1. The molecule has 2 aromatic rings. The molecule has 0 atom stereocenters. The van der Waals surface area contributed by atoms with Gasteiger partial charge in [-0.15, -0.1) is 0 Å². The van der Waals surface area contributed by atoms with Crippen molar-refractivity contribution in [2.75, 3.05) is 19.0 Å². The van der Waals surface area contributed by atoms with E-state index in [4.69, 9.17) is 16.3 Å². The molecular weight excluding hydrogens is 318 g/mol. The molecule has 1 aromatic heterocycles. The fourth-order valence-electron chi connectivity index (χ4n) is 2.09. The second kappa shape index (κ2) is 7.69. The number of halogens is 1. The SMILES string of the molecule is COc1cc(C)n(CCNC(=O)Nc2ccc(Cl)cc2)c(=O)c1. The molecule has 0 unspecified atom stereocenters. The van der Waals surface area contributed by atoms with Crippen molar-refractivity contribution < 1.29 is 9.53 Å². The number of amides is 2. The summed E-state index contributed by atoms with van der Waals surface area (Å²) in [5.41, 5.74) is 1.25. The highest BCUT2D eigenvalue weighted by Gasteiger charge is 2.05. The molecule has 0 aliphatic rings. The number of benzene rings is 1. The predicted molar refractivity (Wildman–Crippen MR) is 90.5 cm³/mol. The van der Waals surface area contributed by atoms with Crippen LogP contribution in [0.1, 0.15) is 5.69 Å². The van der Waals surface area contributed by atoms with Gasteiger partial charge in [-0.05, 0) is 37.3 Å². The number of hydrogen-bond donors (Lipinski definition) is 2. The summed E-state index contributed by atoms with van der Waals surface area (Å²) in [6.07, 6.45) is 0. The molecule has 0 bridgehead atoms. The Bertz CT molecular complexity index is 741. The third-order valence-electron chi connectivity index (χ3n) is 3.27. The number of nitrogens with one attached hydrogen (secondary N) is 2. The number of rotatable bonds is 5. The lowest BCUT2D eigenvalue weighted by atomic mass is 10.3. The molecule has 2 rings (SSSR count). The van der Waals surface area contributed by atoms with Crippen LogP contribution in [0.2, 0.25) is 5.02 Å². The Morgan fingerprint density at radius 3 is 2.57 bits per heavy atom. The van der Waals surface area contributed by atoms with Crippen molar-refractivity contribution in [1.82, 2.24) is 9.88 Å². The Balaban J connectivity index is 1.88. The molecule has 2 amide bonds. The number of nitrogens with zero attached hydrogens (tertiary/aromatic N) is 1. The molecule has 1 aromatic carbocycles. The summed E-state index contributed by atoms with van der Waals surface area (Å²) in [5.74, 6) is 0.525. The van der Waals surface area contributed by atoms with Crippen LogP contribution in [0.25, 0.3) is 0 Å². The van der Waals surface area contributed by atoms with Crippen LogP contribution in [-0.2, 0) is 6.54 Å². The number of carbonyl (C=O) groups excluding carboxylic acids is 1. The summed E-state index contributed by atoms with van der Waals surface area (Å²) >= 11 is 5.78. The summed E-state index contributed by atoms with van der Waals surface area (Å²) in [4.78, 5) is 23.8. The van der Waals surface area contributed by atoms with E-state index in [1.165, 1.54) is 13.2 Å². The lowest BCUT2D eigenvalue weighted by molar-refractivity contribution is 0.251. The Morgan fingerprint density at radius 2 is 1.96 bits per heavy atom. The number of methoxy groups -OCH3 is 1. The first-order valence-corrected chi connectivity index (χ1v) is 7.43. The Morgan fingerprint density at radius 1 is 1.26 bits per heavy atom. The van der Waals surface area contributed by atoms with Gasteiger partial charge < -0.3 is 19.9 Å². The van der Waals surface area contributed by atoms with E-state index in [9.17, 15) is 9.59 Å². The average Bonchev–Trinajstić information content (AvgIpc) is 2.52. The van der Waals surface area contributed by atoms with E-state index in [2.05, 4.69) is 10.6 Å². The molecule has 0 fully saturated rings. The highest BCUT2D eigenvalue weighted by molar-refractivity contribution is 6.30. The standard InChI is InChI=1S/C16H18ClN3O3/c1-11-9-14(23-2)10-15(21)20(11)8-7-18-16(22)19-13-5-3-12(17)4-6-13/h3-6,9-10H,7-8H2,1-2H3,(H2,18,19,22). The van der Waals surface area contributed by atoms with Crippen molar-refractivity contribution in [2.24, 2.45) is 0 Å². The summed E-state index contributed by atoms with van der Waals surface area (Å²) < 4.78 is 6.62. The number of ether oxygens (including phenoxy) is 1. The summed E-state index contributed by atoms with van der Waals surface area (Å²) in [5, 5.41) is 5.99. The molecule has 1 heterocycles. The molecule has 0 saturated heterocycles. The van der Waals surface area contributed by atoms with Gasteiger partial charge >= 0.3 is 6.03 Å². The smallest absolute Gasteiger partial charge is 0.319 e. The maximum absolute atomic E-state index is 12.0. The van der Waals surface area contributed by atoms with Crippen LogP contribution in [0.3, 0.4) is 0 Å². The van der Waals surface area contributed by atoms with Gasteiger partial charge in [0.25, 0.3) is 5.56 Å². The van der Waals surface area contributed by atoms with Crippen molar-refractivity contribution in [3.8, 4) is 5.75 Å². The molecule has 0 spiro atoms. The van der Waals surface area contributed by atoms with E-state index < -0.39 is 0 Å². The first-order chi connectivity index (χ1) is 11.0. The number of hydrogen-bond acceptors (Lipinski definition) is 3. The van der Waals surface area contributed by atoms with Gasteiger partial charge in [0, 0.05) is 35.6 Å². The van der Waals surface area contributed by atoms with Crippen LogP contribution in [0.5, 0.6) is 5.75 Å². The summed E-state index contributed by atoms with van der Waals surface area (Å²) in [6, 6.07) is 9.65. The van der Waals surface area contributed by atoms with Crippen LogP contribution in [0, 0.1) is 6.92 Å². The van der Waals surface area contributed by atoms with Crippen molar-refractivity contribution in [1.29, 1.82) is 0 Å². The molecule has 0 radical (unpaired) electrons. The molecule has 122 valence electrons. The number of aromatic nitrogens is 1. The summed E-state index contributed by atoms with van der Waals surface area (Å²) in [7, 11) is 1.52. The number of anilines is 1. The van der Waals surface area contributed by atoms with E-state index in [1.807, 2.05) is 6.92 Å². The molecule has 23 heavy (non-hydrogen) atoms. The van der Waals surface area contributed by atoms with Gasteiger partial charge in [-0.1, -0.05) is 11.6 Å². The van der Waals surface area contributed by atoms with Crippen LogP contribution in [-0.4, -0.2) is 24.3 Å². The van der Waals surface area contributed by atoms with Gasteiger partial charge in [-0.25, -0.2) is 4.79 Å². The molecule has 6 nitrogen and oxygen atoms in total. The Labute approximate surface area is 139 Å². The Kier molecular flexibility index (Phi) is 5.65. The van der Waals surface area contributed by atoms with Gasteiger partial charge in [0.15, 0.2) is 0 Å². The maximum atomic E-state index is 12.0. The van der Waals surface area contributed by atoms with Crippen LogP contribution in [0.15, 0.2) is 41.2 Å². The fourth-order valence-corrected chi connectivity index (χ4v) is 2.22. The highest BCUT2D eigenvalue weighted by atomic mass is 35.5. The van der Waals surface area contributed by atoms with Gasteiger partial charge in [0.05, 0.1) is 7.11 Å². The molecule has 0 saturated carbocycles. The lowest BCUT2D eigenvalue weighted by Gasteiger charge is -2.12. The van der Waals surface area contributed by atoms with Crippen molar-refractivity contribution in [3.63, 3.8) is 0 Å². The molecule has 0 aliphatic carbocycles. The zero-order valence-electron chi connectivity index (χ0n) is 12.9. The van der Waals surface area contributed by atoms with Crippen molar-refractivity contribution in [3.05, 3.63) is 57.5 Å². The van der Waals surface area contributed by atoms with Gasteiger partial charge in [-0.2, -0.15) is 0 Å². The summed E-state index contributed by atoms with van der Waals surface area (Å²) in [6.45, 7) is 2.52. The largest absolute Gasteiger partial charge is 0.496 e. The van der Waals surface area contributed by atoms with Crippen molar-refractivity contribution in [2.45, 2.75) is 13.5 Å². The van der Waals surface area contributed by atoms with E-state index in [-0.39, 0.29) is 11.6 Å². The van der Waals surface area contributed by atoms with Crippen LogP contribution in [0.4, 0.5) is 10.5 Å². The quantitative estimate of drug-likeness (QED) is 0.882. The third kappa shape index (κ3) is 4.75. The van der Waals surface area contributed by atoms with Crippen LogP contribution < -0.4 is 20.9 Å². The van der Waals surface area contributed by atoms with Crippen molar-refractivity contribution >= 4 is 23.3 Å². The monoisotopic (exact) mass is 335 g/mol. The predicted octanol–water partition coefficient (Wildman–Crippen LogP) is 2.64. The van der Waals surface area contributed by atoms with Gasteiger partial charge in [0.1, 0.15) is 5.75 Å². The Hall–Kier alpha value is -2.47. The number of aryl methyl sites for hydroxylation is 1. The first kappa shape index (κ1) is 16.9. The van der Waals surface area contributed by atoms with E-state index >= 15 is 0 Å². The minimum absolute atomic E-state index is 0.165. The second-order valence-electron chi connectivity index (χ2n) is 4.91. The second-order valence-corrected chi connectivity index (χ2v) is 5.35. The minimum atomic E-state index is -0.341. The topological polar surface area (TPSA) is 72.4 Å². The van der Waals surface area contributed by atoms with Gasteiger partial charge in [-0.3, -0.25) is 4.79 Å². The zero-order valence-corrected chi connectivity index (χ0v) is 13.7. The van der Waals surface area contributed by atoms with E-state index in [0.717, 1.165) is 5.69 Å². The van der Waals surface area contributed by atoms with Crippen LogP contribution >= 0.6 is 11.6 Å². The third-order valence-corrected chi connectivity index (χ3v) is 3.52. The number of carbonyl (C=O) groups is 1. The first-order valence-electron chi connectivity index (χ1n) is 7.05. The molecule has 0 aliphatic heterocycles. The zero-order chi connectivity index (χ0) is 16.8. The highest BCUT2D eigenvalue weighted by Crippen LogP contribution is 2.13. The lowest BCUT2D eigenvalue weighted by Crippen LogP contribution is -2.34. The van der Waals surface area contributed by atoms with Gasteiger partial charge in [0.2, 0.25) is 0 Å². The average molecular weight is 336 g/mol. The number of urea groups is 1. The molecular formula is C16H18ClN3O3. The minimum Gasteiger partial charge on any atom is -0.496 e. The maximum Gasteiger partial charge on any atom is 0.319 e. The van der Waals surface area contributed by atoms with E-state index in [0.29, 0.717) is 29.5 Å². The molecule has 7 heteroatoms. The normalized spacial score (nSPS) is 10.2.